The van der Waals surface area contributed by atoms with Crippen molar-refractivity contribution in [2.75, 3.05) is 12.8 Å². The standard InChI is InChI=1S/C19H23ClN2O6S2/c1-19(2,3)28-17(24)9-21-16(23)8-14-11-29-18(22-14)15-6-5-13(20)7-12(15)10-27-30(4,25)26/h5-7,11H,8-10H2,1-4H3,(H,21,23). The van der Waals surface area contributed by atoms with Crippen molar-refractivity contribution in [1.29, 1.82) is 0 Å². The number of aromatic nitrogens is 1. The lowest BCUT2D eigenvalue weighted by Crippen LogP contribution is -2.35. The average molecular weight is 475 g/mol. The fraction of sp³-hybridized carbons (Fsp3) is 0.421. The second-order valence-corrected chi connectivity index (χ2v) is 10.4. The SMILES string of the molecule is CC(C)(C)OC(=O)CNC(=O)Cc1csc(-c2ccc(Cl)cc2COS(C)(=O)=O)n1. The summed E-state index contributed by atoms with van der Waals surface area (Å²) in [7, 11) is -3.62. The molecular formula is C19H23ClN2O6S2. The Morgan fingerprint density at radius 1 is 1.27 bits per heavy atom. The van der Waals surface area contributed by atoms with Crippen molar-refractivity contribution in [2.24, 2.45) is 0 Å². The second kappa shape index (κ2) is 9.86. The van der Waals surface area contributed by atoms with E-state index < -0.39 is 21.7 Å². The molecule has 2 aromatic rings. The lowest BCUT2D eigenvalue weighted by Gasteiger charge is -2.19. The molecule has 0 aliphatic heterocycles. The highest BCUT2D eigenvalue weighted by Crippen LogP contribution is 2.30. The molecule has 1 amide bonds. The third kappa shape index (κ3) is 8.39. The van der Waals surface area contributed by atoms with E-state index in [-0.39, 0.29) is 25.5 Å². The van der Waals surface area contributed by atoms with Crippen LogP contribution in [0.15, 0.2) is 23.6 Å². The molecule has 0 aliphatic carbocycles. The molecule has 30 heavy (non-hydrogen) atoms. The van der Waals surface area contributed by atoms with Gasteiger partial charge in [-0.1, -0.05) is 17.7 Å². The van der Waals surface area contributed by atoms with Gasteiger partial charge in [0.15, 0.2) is 0 Å². The Hall–Kier alpha value is -2.01. The van der Waals surface area contributed by atoms with Crippen molar-refractivity contribution >= 4 is 44.9 Å². The number of hydrogen-bond acceptors (Lipinski definition) is 8. The number of ether oxygens (including phenoxy) is 1. The lowest BCUT2D eigenvalue weighted by molar-refractivity contribution is -0.154. The summed E-state index contributed by atoms with van der Waals surface area (Å²) >= 11 is 7.32. The smallest absolute Gasteiger partial charge is 0.325 e. The van der Waals surface area contributed by atoms with Gasteiger partial charge in [-0.2, -0.15) is 8.42 Å². The first kappa shape index (κ1) is 24.3. The number of benzene rings is 1. The largest absolute Gasteiger partial charge is 0.459 e. The van der Waals surface area contributed by atoms with Gasteiger partial charge in [0.2, 0.25) is 5.91 Å². The first-order valence-corrected chi connectivity index (χ1v) is 12.0. The second-order valence-electron chi connectivity index (χ2n) is 7.45. The van der Waals surface area contributed by atoms with Gasteiger partial charge in [0.1, 0.15) is 17.2 Å². The highest BCUT2D eigenvalue weighted by atomic mass is 35.5. The molecule has 1 aromatic heterocycles. The summed E-state index contributed by atoms with van der Waals surface area (Å²) < 4.78 is 32.6. The Labute approximate surface area is 184 Å². The van der Waals surface area contributed by atoms with Gasteiger partial charge < -0.3 is 10.1 Å². The number of rotatable bonds is 8. The molecular weight excluding hydrogens is 452 g/mol. The zero-order chi connectivity index (χ0) is 22.5. The minimum atomic E-state index is -3.62. The van der Waals surface area contributed by atoms with E-state index in [1.54, 1.807) is 44.4 Å². The number of halogens is 1. The molecule has 0 fully saturated rings. The maximum atomic E-state index is 12.1. The molecule has 0 saturated heterocycles. The molecule has 0 spiro atoms. The average Bonchev–Trinajstić information content (AvgIpc) is 3.04. The van der Waals surface area contributed by atoms with Crippen molar-refractivity contribution in [1.82, 2.24) is 10.3 Å². The third-order valence-corrected chi connectivity index (χ3v) is 5.18. The van der Waals surface area contributed by atoms with Gasteiger partial charge in [0, 0.05) is 16.0 Å². The van der Waals surface area contributed by atoms with Crippen LogP contribution in [0.5, 0.6) is 0 Å². The Kier molecular flexibility index (Phi) is 7.98. The predicted molar refractivity (Wildman–Crippen MR) is 115 cm³/mol. The van der Waals surface area contributed by atoms with Crippen molar-refractivity contribution in [3.05, 3.63) is 39.9 Å². The van der Waals surface area contributed by atoms with Crippen molar-refractivity contribution in [3.63, 3.8) is 0 Å². The van der Waals surface area contributed by atoms with Gasteiger partial charge in [-0.05, 0) is 38.5 Å². The van der Waals surface area contributed by atoms with Crippen molar-refractivity contribution < 1.29 is 26.9 Å². The zero-order valence-corrected chi connectivity index (χ0v) is 19.4. The van der Waals surface area contributed by atoms with Gasteiger partial charge in [0.05, 0.1) is 25.0 Å². The summed E-state index contributed by atoms with van der Waals surface area (Å²) in [5, 5.41) is 5.25. The molecule has 0 radical (unpaired) electrons. The fourth-order valence-electron chi connectivity index (χ4n) is 2.35. The highest BCUT2D eigenvalue weighted by Gasteiger charge is 2.18. The topological polar surface area (TPSA) is 112 Å². The summed E-state index contributed by atoms with van der Waals surface area (Å²) in [5.41, 5.74) is 1.11. The van der Waals surface area contributed by atoms with Crippen LogP contribution in [0.1, 0.15) is 32.0 Å². The molecule has 0 bridgehead atoms. The van der Waals surface area contributed by atoms with E-state index in [1.807, 2.05) is 0 Å². The maximum absolute atomic E-state index is 12.1. The number of carbonyl (C=O) groups excluding carboxylic acids is 2. The Morgan fingerprint density at radius 3 is 2.60 bits per heavy atom. The molecule has 0 atom stereocenters. The van der Waals surface area contributed by atoms with Crippen molar-refractivity contribution in [3.8, 4) is 10.6 Å². The van der Waals surface area contributed by atoms with Gasteiger partial charge in [0.25, 0.3) is 10.1 Å². The fourth-order valence-corrected chi connectivity index (χ4v) is 3.76. The van der Waals surface area contributed by atoms with E-state index in [2.05, 4.69) is 10.3 Å². The molecule has 164 valence electrons. The highest BCUT2D eigenvalue weighted by molar-refractivity contribution is 7.85. The molecule has 2 rings (SSSR count). The first-order chi connectivity index (χ1) is 13.8. The van der Waals surface area contributed by atoms with Crippen LogP contribution in [-0.4, -0.2) is 43.7 Å². The molecule has 1 aromatic carbocycles. The van der Waals surface area contributed by atoms with Crippen LogP contribution in [0, 0.1) is 0 Å². The quantitative estimate of drug-likeness (QED) is 0.462. The number of amides is 1. The van der Waals surface area contributed by atoms with Gasteiger partial charge in [-0.3, -0.25) is 13.8 Å². The predicted octanol–water partition coefficient (Wildman–Crippen LogP) is 2.94. The van der Waals surface area contributed by atoms with E-state index in [9.17, 15) is 18.0 Å². The third-order valence-electron chi connectivity index (χ3n) is 3.47. The minimum absolute atomic E-state index is 0.0118. The summed E-state index contributed by atoms with van der Waals surface area (Å²) in [6, 6.07) is 4.99. The molecule has 0 unspecified atom stereocenters. The Morgan fingerprint density at radius 2 is 1.97 bits per heavy atom. The molecule has 8 nitrogen and oxygen atoms in total. The molecule has 11 heteroatoms. The number of nitrogens with one attached hydrogen (secondary N) is 1. The summed E-state index contributed by atoms with van der Waals surface area (Å²) in [5.74, 6) is -0.888. The Balaban J connectivity index is 2.04. The normalized spacial score (nSPS) is 11.9. The van der Waals surface area contributed by atoms with E-state index >= 15 is 0 Å². The van der Waals surface area contributed by atoms with Gasteiger partial charge >= 0.3 is 5.97 Å². The molecule has 0 aliphatic rings. The number of thiazole rings is 1. The summed E-state index contributed by atoms with van der Waals surface area (Å²) in [6.07, 6.45) is 0.955. The number of esters is 1. The van der Waals surface area contributed by atoms with Gasteiger partial charge in [-0.25, -0.2) is 4.98 Å². The summed E-state index contributed by atoms with van der Waals surface area (Å²) in [6.45, 7) is 4.83. The van der Waals surface area contributed by atoms with E-state index in [1.165, 1.54) is 11.3 Å². The number of nitrogens with zero attached hydrogens (tertiary/aromatic N) is 1. The zero-order valence-electron chi connectivity index (χ0n) is 17.0. The summed E-state index contributed by atoms with van der Waals surface area (Å²) in [4.78, 5) is 28.2. The number of hydrogen-bond donors (Lipinski definition) is 1. The molecule has 0 saturated carbocycles. The van der Waals surface area contributed by atoms with Crippen LogP contribution in [0.3, 0.4) is 0 Å². The lowest BCUT2D eigenvalue weighted by atomic mass is 10.1. The van der Waals surface area contributed by atoms with Crippen LogP contribution in [0.25, 0.3) is 10.6 Å². The Bertz CT molecular complexity index is 1030. The van der Waals surface area contributed by atoms with E-state index in [0.29, 0.717) is 26.9 Å². The van der Waals surface area contributed by atoms with Crippen LogP contribution >= 0.6 is 22.9 Å². The van der Waals surface area contributed by atoms with Crippen LogP contribution < -0.4 is 5.32 Å². The number of carbonyl (C=O) groups is 2. The van der Waals surface area contributed by atoms with Crippen LogP contribution in [0.4, 0.5) is 0 Å². The van der Waals surface area contributed by atoms with Crippen LogP contribution in [-0.2, 0) is 41.7 Å². The first-order valence-electron chi connectivity index (χ1n) is 8.88. The van der Waals surface area contributed by atoms with Crippen LogP contribution in [0.2, 0.25) is 5.02 Å². The monoisotopic (exact) mass is 474 g/mol. The van der Waals surface area contributed by atoms with E-state index in [0.717, 1.165) is 6.26 Å². The van der Waals surface area contributed by atoms with Gasteiger partial charge in [-0.15, -0.1) is 11.3 Å². The maximum Gasteiger partial charge on any atom is 0.325 e. The minimum Gasteiger partial charge on any atom is -0.459 e. The van der Waals surface area contributed by atoms with Crippen molar-refractivity contribution in [2.45, 2.75) is 39.4 Å². The molecule has 1 heterocycles. The van der Waals surface area contributed by atoms with E-state index in [4.69, 9.17) is 20.5 Å². The molecule has 1 N–H and O–H groups in total.